The van der Waals surface area contributed by atoms with E-state index in [1.165, 1.54) is 13.2 Å². The van der Waals surface area contributed by atoms with E-state index < -0.39 is 17.2 Å². The van der Waals surface area contributed by atoms with Gasteiger partial charge in [-0.1, -0.05) is 0 Å². The van der Waals surface area contributed by atoms with Crippen LogP contribution in [0.5, 0.6) is 0 Å². The molecule has 7 nitrogen and oxygen atoms in total. The summed E-state index contributed by atoms with van der Waals surface area (Å²) in [5.41, 5.74) is -1.56. The number of carbonyl (C=O) groups excluding carboxylic acids is 1. The van der Waals surface area contributed by atoms with Crippen molar-refractivity contribution in [2.45, 2.75) is 0 Å². The van der Waals surface area contributed by atoms with Crippen LogP contribution in [0.4, 0.5) is 0 Å². The lowest BCUT2D eigenvalue weighted by Crippen LogP contribution is -2.29. The number of methoxy groups -OCH3 is 1. The van der Waals surface area contributed by atoms with Crippen LogP contribution in [0.25, 0.3) is 6.08 Å². The predicted molar refractivity (Wildman–Crippen MR) is 57.9 cm³/mol. The molecule has 0 fully saturated rings. The van der Waals surface area contributed by atoms with Gasteiger partial charge in [-0.05, 0) is 6.08 Å². The smallest absolute Gasteiger partial charge is 0.348 e. The van der Waals surface area contributed by atoms with Crippen LogP contribution in [-0.2, 0) is 16.6 Å². The molecule has 1 rings (SSSR count). The third-order valence-corrected chi connectivity index (χ3v) is 1.96. The molecule has 0 aliphatic rings. The highest BCUT2D eigenvalue weighted by molar-refractivity contribution is 5.97. The van der Waals surface area contributed by atoms with Crippen molar-refractivity contribution >= 4 is 12.0 Å². The molecule has 1 heterocycles. The van der Waals surface area contributed by atoms with E-state index in [2.05, 4.69) is 4.74 Å². The molecule has 0 spiro atoms. The van der Waals surface area contributed by atoms with Crippen molar-refractivity contribution in [2.24, 2.45) is 7.05 Å². The van der Waals surface area contributed by atoms with Crippen molar-refractivity contribution in [1.82, 2.24) is 9.55 Å². The first-order chi connectivity index (χ1) is 7.99. The van der Waals surface area contributed by atoms with Gasteiger partial charge in [0.15, 0.2) is 0 Å². The first-order valence-corrected chi connectivity index (χ1v) is 4.49. The summed E-state index contributed by atoms with van der Waals surface area (Å²) in [5.74, 6) is -0.847. The van der Waals surface area contributed by atoms with E-state index in [1.54, 1.807) is 6.07 Å². The summed E-state index contributed by atoms with van der Waals surface area (Å²) in [6, 6.07) is 1.61. The molecule has 0 radical (unpaired) electrons. The minimum Gasteiger partial charge on any atom is -0.465 e. The molecule has 0 atom stereocenters. The number of aromatic nitrogens is 2. The van der Waals surface area contributed by atoms with E-state index in [0.29, 0.717) is 0 Å². The molecule has 0 aliphatic heterocycles. The van der Waals surface area contributed by atoms with Crippen LogP contribution in [0.3, 0.4) is 0 Å². The fourth-order valence-electron chi connectivity index (χ4n) is 1.09. The van der Waals surface area contributed by atoms with E-state index in [0.717, 1.165) is 17.8 Å². The molecule has 17 heavy (non-hydrogen) atoms. The second kappa shape index (κ2) is 4.94. The van der Waals surface area contributed by atoms with Gasteiger partial charge in [-0.3, -0.25) is 9.78 Å². The maximum Gasteiger partial charge on any atom is 0.348 e. The summed E-state index contributed by atoms with van der Waals surface area (Å²) in [4.78, 5) is 35.6. The Morgan fingerprint density at radius 2 is 2.24 bits per heavy atom. The molecule has 0 unspecified atom stereocenters. The number of H-pyrrole nitrogens is 1. The van der Waals surface area contributed by atoms with Crippen LogP contribution in [-0.4, -0.2) is 22.6 Å². The molecule has 1 aromatic heterocycles. The van der Waals surface area contributed by atoms with E-state index in [4.69, 9.17) is 5.26 Å². The van der Waals surface area contributed by atoms with Gasteiger partial charge in [0.25, 0.3) is 5.56 Å². The lowest BCUT2D eigenvalue weighted by atomic mass is 10.2. The molecule has 0 bridgehead atoms. The normalized spacial score (nSPS) is 10.8. The number of nitriles is 1. The maximum absolute atomic E-state index is 11.4. The first-order valence-electron chi connectivity index (χ1n) is 4.49. The van der Waals surface area contributed by atoms with Crippen molar-refractivity contribution < 1.29 is 9.53 Å². The standard InChI is InChI=1S/C10H9N3O4/c1-13-5-7(8(14)12-10(13)16)3-6(4-11)9(15)17-2/h3,5H,1-2H3,(H,12,14,16). The highest BCUT2D eigenvalue weighted by atomic mass is 16.5. The van der Waals surface area contributed by atoms with Crippen LogP contribution in [0.2, 0.25) is 0 Å². The Morgan fingerprint density at radius 1 is 1.59 bits per heavy atom. The maximum atomic E-state index is 11.4. The van der Waals surface area contributed by atoms with Gasteiger partial charge in [0.05, 0.1) is 12.7 Å². The number of carbonyl (C=O) groups is 1. The summed E-state index contributed by atoms with van der Waals surface area (Å²) < 4.78 is 5.48. The number of nitrogens with zero attached hydrogens (tertiary/aromatic N) is 2. The topological polar surface area (TPSA) is 105 Å². The Morgan fingerprint density at radius 3 is 2.76 bits per heavy atom. The van der Waals surface area contributed by atoms with E-state index in [9.17, 15) is 14.4 Å². The van der Waals surface area contributed by atoms with E-state index >= 15 is 0 Å². The molecule has 0 saturated carbocycles. The average molecular weight is 235 g/mol. The Hall–Kier alpha value is -2.62. The van der Waals surface area contributed by atoms with E-state index in [1.807, 2.05) is 4.98 Å². The van der Waals surface area contributed by atoms with Crippen LogP contribution < -0.4 is 11.2 Å². The summed E-state index contributed by atoms with van der Waals surface area (Å²) in [6.45, 7) is 0. The van der Waals surface area contributed by atoms with Crippen LogP contribution >= 0.6 is 0 Å². The third kappa shape index (κ3) is 2.69. The Labute approximate surface area is 95.6 Å². The molecule has 7 heteroatoms. The van der Waals surface area contributed by atoms with Gasteiger partial charge in [0, 0.05) is 13.2 Å². The molecule has 88 valence electrons. The Bertz CT molecular complexity index is 630. The summed E-state index contributed by atoms with van der Waals surface area (Å²) in [7, 11) is 2.55. The van der Waals surface area contributed by atoms with Crippen LogP contribution in [0.15, 0.2) is 21.4 Å². The Kier molecular flexibility index (Phi) is 3.62. The number of ether oxygens (including phenoxy) is 1. The quantitative estimate of drug-likeness (QED) is 0.408. The number of nitrogens with one attached hydrogen (secondary N) is 1. The number of esters is 1. The first kappa shape index (κ1) is 12.4. The second-order valence-corrected chi connectivity index (χ2v) is 3.12. The van der Waals surface area contributed by atoms with Crippen LogP contribution in [0.1, 0.15) is 5.56 Å². The van der Waals surface area contributed by atoms with Gasteiger partial charge in [-0.2, -0.15) is 5.26 Å². The number of hydrogen-bond acceptors (Lipinski definition) is 5. The summed E-state index contributed by atoms with van der Waals surface area (Å²) in [5, 5.41) is 8.70. The van der Waals surface area contributed by atoms with Crippen molar-refractivity contribution in [3.8, 4) is 6.07 Å². The van der Waals surface area contributed by atoms with Crippen molar-refractivity contribution in [1.29, 1.82) is 5.26 Å². The van der Waals surface area contributed by atoms with Gasteiger partial charge in [-0.15, -0.1) is 0 Å². The van der Waals surface area contributed by atoms with Crippen molar-refractivity contribution in [2.75, 3.05) is 7.11 Å². The van der Waals surface area contributed by atoms with Gasteiger partial charge in [-0.25, -0.2) is 9.59 Å². The fourth-order valence-corrected chi connectivity index (χ4v) is 1.09. The average Bonchev–Trinajstić information content (AvgIpc) is 2.31. The Balaban J connectivity index is 3.37. The SMILES string of the molecule is COC(=O)C(C#N)=Cc1cn(C)c(=O)[nH]c1=O. The summed E-state index contributed by atoms with van der Waals surface area (Å²) in [6.07, 6.45) is 2.28. The number of hydrogen-bond donors (Lipinski definition) is 1. The molecule has 1 aromatic rings. The molecule has 0 amide bonds. The molecule has 0 aliphatic carbocycles. The minimum atomic E-state index is -0.847. The molecule has 0 aromatic carbocycles. The largest absolute Gasteiger partial charge is 0.465 e. The molecule has 1 N–H and O–H groups in total. The highest BCUT2D eigenvalue weighted by Gasteiger charge is 2.10. The van der Waals surface area contributed by atoms with Crippen molar-refractivity contribution in [3.63, 3.8) is 0 Å². The highest BCUT2D eigenvalue weighted by Crippen LogP contribution is 2.01. The fraction of sp³-hybridized carbons (Fsp3) is 0.200. The molecule has 0 saturated heterocycles. The minimum absolute atomic E-state index is 0.0223. The summed E-state index contributed by atoms with van der Waals surface area (Å²) >= 11 is 0. The van der Waals surface area contributed by atoms with E-state index in [-0.39, 0.29) is 11.1 Å². The molecular formula is C10H9N3O4. The van der Waals surface area contributed by atoms with Gasteiger partial charge in [0.2, 0.25) is 0 Å². The van der Waals surface area contributed by atoms with Gasteiger partial charge < -0.3 is 9.30 Å². The number of rotatable bonds is 2. The lowest BCUT2D eigenvalue weighted by Gasteiger charge is -1.99. The van der Waals surface area contributed by atoms with Gasteiger partial charge >= 0.3 is 11.7 Å². The zero-order valence-corrected chi connectivity index (χ0v) is 9.18. The number of aromatic amines is 1. The lowest BCUT2D eigenvalue weighted by molar-refractivity contribution is -0.135. The van der Waals surface area contributed by atoms with Gasteiger partial charge in [0.1, 0.15) is 11.6 Å². The van der Waals surface area contributed by atoms with Crippen molar-refractivity contribution in [3.05, 3.63) is 38.2 Å². The monoisotopic (exact) mass is 235 g/mol. The zero-order chi connectivity index (χ0) is 13.0. The number of aryl methyl sites for hydroxylation is 1. The molecular weight excluding hydrogens is 226 g/mol. The van der Waals surface area contributed by atoms with Crippen LogP contribution in [0, 0.1) is 11.3 Å². The zero-order valence-electron chi connectivity index (χ0n) is 9.18. The second-order valence-electron chi connectivity index (χ2n) is 3.12. The third-order valence-electron chi connectivity index (χ3n) is 1.96. The predicted octanol–water partition coefficient (Wildman–Crippen LogP) is -0.846.